The molecular weight excluding hydrogens is 298 g/mol. The van der Waals surface area contributed by atoms with E-state index in [0.29, 0.717) is 0 Å². The molecule has 24 heavy (non-hydrogen) atoms. The van der Waals surface area contributed by atoms with Crippen molar-refractivity contribution in [1.82, 2.24) is 5.32 Å². The first-order chi connectivity index (χ1) is 11.8. The Morgan fingerprint density at radius 3 is 2.29 bits per heavy atom. The normalized spacial score (nSPS) is 10.8. The standard InChI is InChI=1S/C21H37NO2/c1-4-6-8-10-11-16-22-18-19-14-13-15-20(23-3)21(19)24-17-12-9-7-5-2/h13-15,22H,4-12,16-18H2,1-3H3. The Kier molecular flexibility index (Phi) is 12.3. The molecule has 138 valence electrons. The summed E-state index contributed by atoms with van der Waals surface area (Å²) < 4.78 is 11.5. The van der Waals surface area contributed by atoms with Gasteiger partial charge in [0.15, 0.2) is 11.5 Å². The summed E-state index contributed by atoms with van der Waals surface area (Å²) in [6, 6.07) is 6.16. The highest BCUT2D eigenvalue weighted by atomic mass is 16.5. The van der Waals surface area contributed by atoms with Gasteiger partial charge < -0.3 is 14.8 Å². The third kappa shape index (κ3) is 8.58. The summed E-state index contributed by atoms with van der Waals surface area (Å²) >= 11 is 0. The maximum absolute atomic E-state index is 6.05. The van der Waals surface area contributed by atoms with Crippen LogP contribution in [-0.4, -0.2) is 20.3 Å². The van der Waals surface area contributed by atoms with E-state index >= 15 is 0 Å². The number of rotatable bonds is 15. The summed E-state index contributed by atoms with van der Waals surface area (Å²) in [6.07, 6.45) is 11.4. The zero-order chi connectivity index (χ0) is 17.5. The Bertz CT molecular complexity index is 420. The molecule has 0 spiro atoms. The van der Waals surface area contributed by atoms with Crippen molar-refractivity contribution >= 4 is 0 Å². The maximum atomic E-state index is 6.05. The van der Waals surface area contributed by atoms with E-state index in [0.717, 1.165) is 37.6 Å². The minimum absolute atomic E-state index is 0.768. The van der Waals surface area contributed by atoms with Gasteiger partial charge in [-0.05, 0) is 25.5 Å². The largest absolute Gasteiger partial charge is 0.493 e. The minimum atomic E-state index is 0.768. The van der Waals surface area contributed by atoms with Gasteiger partial charge in [0, 0.05) is 12.1 Å². The van der Waals surface area contributed by atoms with Gasteiger partial charge in [-0.25, -0.2) is 0 Å². The van der Waals surface area contributed by atoms with Gasteiger partial charge in [-0.2, -0.15) is 0 Å². The van der Waals surface area contributed by atoms with Gasteiger partial charge in [0.2, 0.25) is 0 Å². The molecule has 0 atom stereocenters. The molecule has 3 nitrogen and oxygen atoms in total. The number of hydrogen-bond donors (Lipinski definition) is 1. The fourth-order valence-electron chi connectivity index (χ4n) is 2.80. The van der Waals surface area contributed by atoms with E-state index in [2.05, 4.69) is 25.2 Å². The van der Waals surface area contributed by atoms with Crippen LogP contribution in [0.1, 0.15) is 77.2 Å². The van der Waals surface area contributed by atoms with Crippen molar-refractivity contribution in [2.75, 3.05) is 20.3 Å². The van der Waals surface area contributed by atoms with Crippen LogP contribution in [0, 0.1) is 0 Å². The fraction of sp³-hybridized carbons (Fsp3) is 0.714. The molecule has 0 heterocycles. The average molecular weight is 336 g/mol. The van der Waals surface area contributed by atoms with Crippen LogP contribution in [0.3, 0.4) is 0 Å². The molecule has 1 N–H and O–H groups in total. The molecule has 0 radical (unpaired) electrons. The molecule has 0 unspecified atom stereocenters. The molecule has 3 heteroatoms. The van der Waals surface area contributed by atoms with Crippen LogP contribution in [-0.2, 0) is 6.54 Å². The summed E-state index contributed by atoms with van der Waals surface area (Å²) in [6.45, 7) is 7.16. The monoisotopic (exact) mass is 335 g/mol. The number of ether oxygens (including phenoxy) is 2. The van der Waals surface area contributed by atoms with Crippen LogP contribution in [0.2, 0.25) is 0 Å². The van der Waals surface area contributed by atoms with E-state index in [9.17, 15) is 0 Å². The highest BCUT2D eigenvalue weighted by Gasteiger charge is 2.10. The lowest BCUT2D eigenvalue weighted by Crippen LogP contribution is -2.16. The molecule has 0 aliphatic carbocycles. The van der Waals surface area contributed by atoms with Gasteiger partial charge in [-0.15, -0.1) is 0 Å². The fourth-order valence-corrected chi connectivity index (χ4v) is 2.80. The first-order valence-corrected chi connectivity index (χ1v) is 9.82. The Balaban J connectivity index is 2.41. The molecular formula is C21H37NO2. The van der Waals surface area contributed by atoms with Gasteiger partial charge in [0.25, 0.3) is 0 Å². The molecule has 0 saturated heterocycles. The number of unbranched alkanes of at least 4 members (excludes halogenated alkanes) is 7. The number of para-hydroxylation sites is 1. The Labute approximate surface area is 149 Å². The second-order valence-electron chi connectivity index (χ2n) is 6.45. The molecule has 0 aliphatic rings. The lowest BCUT2D eigenvalue weighted by molar-refractivity contribution is 0.281. The van der Waals surface area contributed by atoms with Gasteiger partial charge in [-0.1, -0.05) is 70.9 Å². The average Bonchev–Trinajstić information content (AvgIpc) is 2.61. The predicted molar refractivity (Wildman–Crippen MR) is 103 cm³/mol. The first-order valence-electron chi connectivity index (χ1n) is 9.82. The van der Waals surface area contributed by atoms with Crippen LogP contribution in [0.25, 0.3) is 0 Å². The Morgan fingerprint density at radius 1 is 0.875 bits per heavy atom. The predicted octanol–water partition coefficient (Wildman–Crippen LogP) is 5.71. The molecule has 0 aromatic heterocycles. The zero-order valence-corrected chi connectivity index (χ0v) is 16.0. The molecule has 0 saturated carbocycles. The quantitative estimate of drug-likeness (QED) is 0.416. The van der Waals surface area contributed by atoms with Crippen molar-refractivity contribution < 1.29 is 9.47 Å². The van der Waals surface area contributed by atoms with E-state index in [1.807, 2.05) is 12.1 Å². The minimum Gasteiger partial charge on any atom is -0.493 e. The smallest absolute Gasteiger partial charge is 0.165 e. The second kappa shape index (κ2) is 14.2. The van der Waals surface area contributed by atoms with Crippen LogP contribution in [0.5, 0.6) is 11.5 Å². The lowest BCUT2D eigenvalue weighted by atomic mass is 10.1. The molecule has 1 rings (SSSR count). The maximum Gasteiger partial charge on any atom is 0.165 e. The van der Waals surface area contributed by atoms with E-state index < -0.39 is 0 Å². The van der Waals surface area contributed by atoms with Crippen molar-refractivity contribution in [3.8, 4) is 11.5 Å². The number of nitrogens with one attached hydrogen (secondary N) is 1. The summed E-state index contributed by atoms with van der Waals surface area (Å²) in [5.74, 6) is 1.75. The Hall–Kier alpha value is -1.22. The van der Waals surface area contributed by atoms with E-state index in [-0.39, 0.29) is 0 Å². The highest BCUT2D eigenvalue weighted by molar-refractivity contribution is 5.46. The zero-order valence-electron chi connectivity index (χ0n) is 16.0. The van der Waals surface area contributed by atoms with Gasteiger partial charge in [0.05, 0.1) is 13.7 Å². The second-order valence-corrected chi connectivity index (χ2v) is 6.45. The first kappa shape index (κ1) is 20.8. The van der Waals surface area contributed by atoms with Crippen molar-refractivity contribution in [2.24, 2.45) is 0 Å². The van der Waals surface area contributed by atoms with Crippen molar-refractivity contribution in [3.63, 3.8) is 0 Å². The van der Waals surface area contributed by atoms with Gasteiger partial charge in [0.1, 0.15) is 0 Å². The van der Waals surface area contributed by atoms with Crippen molar-refractivity contribution in [3.05, 3.63) is 23.8 Å². The molecule has 0 bridgehead atoms. The third-order valence-electron chi connectivity index (χ3n) is 4.30. The van der Waals surface area contributed by atoms with Crippen molar-refractivity contribution in [2.45, 2.75) is 78.2 Å². The summed E-state index contributed by atoms with van der Waals surface area (Å²) in [5.41, 5.74) is 1.19. The van der Waals surface area contributed by atoms with E-state index in [4.69, 9.17) is 9.47 Å². The van der Waals surface area contributed by atoms with Crippen LogP contribution < -0.4 is 14.8 Å². The third-order valence-corrected chi connectivity index (χ3v) is 4.30. The van der Waals surface area contributed by atoms with Gasteiger partial charge >= 0.3 is 0 Å². The topological polar surface area (TPSA) is 30.5 Å². The molecule has 0 amide bonds. The van der Waals surface area contributed by atoms with Gasteiger partial charge in [-0.3, -0.25) is 0 Å². The summed E-state index contributed by atoms with van der Waals surface area (Å²) in [4.78, 5) is 0. The van der Waals surface area contributed by atoms with Crippen LogP contribution in [0.15, 0.2) is 18.2 Å². The van der Waals surface area contributed by atoms with Crippen LogP contribution in [0.4, 0.5) is 0 Å². The number of benzene rings is 1. The molecule has 1 aromatic carbocycles. The molecule has 1 aromatic rings. The van der Waals surface area contributed by atoms with Crippen molar-refractivity contribution in [1.29, 1.82) is 0 Å². The number of hydrogen-bond acceptors (Lipinski definition) is 3. The molecule has 0 aliphatic heterocycles. The lowest BCUT2D eigenvalue weighted by Gasteiger charge is -2.15. The summed E-state index contributed by atoms with van der Waals surface area (Å²) in [7, 11) is 1.71. The molecule has 0 fully saturated rings. The number of methoxy groups -OCH3 is 1. The summed E-state index contributed by atoms with van der Waals surface area (Å²) in [5, 5.41) is 3.55. The SMILES string of the molecule is CCCCCCCNCc1cccc(OC)c1OCCCCCC. The van der Waals surface area contributed by atoms with E-state index in [1.165, 1.54) is 56.9 Å². The Morgan fingerprint density at radius 2 is 1.58 bits per heavy atom. The van der Waals surface area contributed by atoms with E-state index in [1.54, 1.807) is 7.11 Å². The highest BCUT2D eigenvalue weighted by Crippen LogP contribution is 2.31. The van der Waals surface area contributed by atoms with Crippen LogP contribution >= 0.6 is 0 Å².